The highest BCUT2D eigenvalue weighted by atomic mass is 19.3. The van der Waals surface area contributed by atoms with Gasteiger partial charge in [-0.15, -0.1) is 0 Å². The number of aromatic amines is 1. The summed E-state index contributed by atoms with van der Waals surface area (Å²) in [5, 5.41) is 12.8. The van der Waals surface area contributed by atoms with Gasteiger partial charge in [0.25, 0.3) is 5.92 Å². The van der Waals surface area contributed by atoms with Gasteiger partial charge in [0.2, 0.25) is 0 Å². The van der Waals surface area contributed by atoms with E-state index in [1.165, 1.54) is 0 Å². The summed E-state index contributed by atoms with van der Waals surface area (Å²) in [7, 11) is 1.89. The first-order valence-electron chi connectivity index (χ1n) is 9.55. The van der Waals surface area contributed by atoms with Gasteiger partial charge in [-0.25, -0.2) is 13.8 Å². The lowest BCUT2D eigenvalue weighted by Crippen LogP contribution is -2.39. The molecule has 1 fully saturated rings. The lowest BCUT2D eigenvalue weighted by Gasteiger charge is -2.32. The van der Waals surface area contributed by atoms with Gasteiger partial charge in [-0.05, 0) is 29.8 Å². The summed E-state index contributed by atoms with van der Waals surface area (Å²) in [6.45, 7) is 0.603. The third kappa shape index (κ3) is 3.35. The molecule has 0 aliphatic carbocycles. The van der Waals surface area contributed by atoms with Gasteiger partial charge in [0.05, 0.1) is 11.7 Å². The second kappa shape index (κ2) is 6.65. The molecule has 3 aromatic heterocycles. The minimum atomic E-state index is -2.57. The highest BCUT2D eigenvalue weighted by Gasteiger charge is 2.34. The van der Waals surface area contributed by atoms with Crippen molar-refractivity contribution in [1.29, 1.82) is 0 Å². The smallest absolute Gasteiger partial charge is 0.251 e. The first-order chi connectivity index (χ1) is 14.0. The summed E-state index contributed by atoms with van der Waals surface area (Å²) >= 11 is 0. The molecule has 1 N–H and O–H groups in total. The molecule has 1 aliphatic heterocycles. The van der Waals surface area contributed by atoms with E-state index in [4.69, 9.17) is 0 Å². The van der Waals surface area contributed by atoms with Crippen LogP contribution in [0.4, 0.5) is 14.6 Å². The van der Waals surface area contributed by atoms with Crippen LogP contribution in [-0.4, -0.2) is 44.0 Å². The number of nitrogens with one attached hydrogen (secondary N) is 1. The Hall–Kier alpha value is -3.29. The predicted molar refractivity (Wildman–Crippen MR) is 108 cm³/mol. The number of rotatable bonds is 3. The molecule has 29 heavy (non-hydrogen) atoms. The van der Waals surface area contributed by atoms with Crippen molar-refractivity contribution in [3.8, 4) is 22.4 Å². The standard InChI is InChI=1S/C21H20F2N6/c1-28-13-16(12-25-28)14-2-3-18-17(10-14)20(27-26-18)15-4-7-24-19(11-15)29-8-5-21(22,23)6-9-29/h2-4,7,10-13H,5-6,8-9H2,1H3,(H,26,27). The number of piperidine rings is 1. The summed E-state index contributed by atoms with van der Waals surface area (Å²) in [6, 6.07) is 9.95. The number of hydrogen-bond acceptors (Lipinski definition) is 4. The number of nitrogens with zero attached hydrogens (tertiary/aromatic N) is 5. The second-order valence-electron chi connectivity index (χ2n) is 7.48. The van der Waals surface area contributed by atoms with Crippen LogP contribution < -0.4 is 4.90 Å². The molecular formula is C21H20F2N6. The van der Waals surface area contributed by atoms with Crippen LogP contribution in [0, 0.1) is 0 Å². The summed E-state index contributed by atoms with van der Waals surface area (Å²) < 4.78 is 28.7. The molecule has 0 atom stereocenters. The zero-order valence-corrected chi connectivity index (χ0v) is 15.9. The molecule has 8 heteroatoms. The molecule has 0 radical (unpaired) electrons. The molecule has 4 aromatic rings. The minimum absolute atomic E-state index is 0.140. The number of alkyl halides is 2. The molecule has 0 bridgehead atoms. The Bertz CT molecular complexity index is 1170. The molecule has 0 saturated carbocycles. The molecule has 1 aromatic carbocycles. The van der Waals surface area contributed by atoms with E-state index >= 15 is 0 Å². The Morgan fingerprint density at radius 3 is 2.62 bits per heavy atom. The van der Waals surface area contributed by atoms with Crippen molar-refractivity contribution < 1.29 is 8.78 Å². The predicted octanol–water partition coefficient (Wildman–Crippen LogP) is 4.26. The van der Waals surface area contributed by atoms with Crippen molar-refractivity contribution in [2.45, 2.75) is 18.8 Å². The number of aromatic nitrogens is 5. The van der Waals surface area contributed by atoms with Crippen LogP contribution in [0.15, 0.2) is 48.9 Å². The Labute approximate surface area is 166 Å². The second-order valence-corrected chi connectivity index (χ2v) is 7.48. The molecule has 148 valence electrons. The Morgan fingerprint density at radius 1 is 1.03 bits per heavy atom. The van der Waals surface area contributed by atoms with Crippen LogP contribution in [-0.2, 0) is 7.05 Å². The van der Waals surface area contributed by atoms with Crippen LogP contribution >= 0.6 is 0 Å². The van der Waals surface area contributed by atoms with Crippen LogP contribution in [0.1, 0.15) is 12.8 Å². The van der Waals surface area contributed by atoms with Gasteiger partial charge in [0, 0.05) is 61.9 Å². The largest absolute Gasteiger partial charge is 0.356 e. The van der Waals surface area contributed by atoms with Crippen molar-refractivity contribution in [3.63, 3.8) is 0 Å². The van der Waals surface area contributed by atoms with Gasteiger partial charge in [-0.2, -0.15) is 10.2 Å². The van der Waals surface area contributed by atoms with E-state index < -0.39 is 5.92 Å². The molecule has 0 amide bonds. The van der Waals surface area contributed by atoms with Gasteiger partial charge in [-0.3, -0.25) is 9.78 Å². The molecular weight excluding hydrogens is 374 g/mol. The molecule has 5 rings (SSSR count). The highest BCUT2D eigenvalue weighted by Crippen LogP contribution is 2.33. The monoisotopic (exact) mass is 394 g/mol. The number of benzene rings is 1. The summed E-state index contributed by atoms with van der Waals surface area (Å²) in [5.41, 5.74) is 4.74. The van der Waals surface area contributed by atoms with Crippen LogP contribution in [0.3, 0.4) is 0 Å². The zero-order valence-electron chi connectivity index (χ0n) is 15.9. The molecule has 4 heterocycles. The van der Waals surface area contributed by atoms with E-state index in [-0.39, 0.29) is 12.8 Å². The van der Waals surface area contributed by atoms with Crippen molar-refractivity contribution in [1.82, 2.24) is 25.0 Å². The Kier molecular flexibility index (Phi) is 4.08. The van der Waals surface area contributed by atoms with Gasteiger partial charge >= 0.3 is 0 Å². The molecule has 1 aliphatic rings. The van der Waals surface area contributed by atoms with Crippen molar-refractivity contribution in [2.75, 3.05) is 18.0 Å². The topological polar surface area (TPSA) is 62.6 Å². The number of hydrogen-bond donors (Lipinski definition) is 1. The molecule has 1 saturated heterocycles. The maximum atomic E-state index is 13.5. The van der Waals surface area contributed by atoms with E-state index in [9.17, 15) is 8.78 Å². The van der Waals surface area contributed by atoms with E-state index in [1.807, 2.05) is 48.6 Å². The van der Waals surface area contributed by atoms with Crippen LogP contribution in [0.25, 0.3) is 33.3 Å². The fourth-order valence-corrected chi connectivity index (χ4v) is 3.79. The van der Waals surface area contributed by atoms with Gasteiger partial charge in [0.15, 0.2) is 0 Å². The van der Waals surface area contributed by atoms with Gasteiger partial charge in [0.1, 0.15) is 11.5 Å². The highest BCUT2D eigenvalue weighted by molar-refractivity contribution is 5.95. The molecule has 6 nitrogen and oxygen atoms in total. The zero-order chi connectivity index (χ0) is 20.0. The third-order valence-corrected chi connectivity index (χ3v) is 5.44. The number of fused-ring (bicyclic) bond motifs is 1. The maximum Gasteiger partial charge on any atom is 0.251 e. The molecule has 0 spiro atoms. The average molecular weight is 394 g/mol. The van der Waals surface area contributed by atoms with Crippen molar-refractivity contribution >= 4 is 16.7 Å². The van der Waals surface area contributed by atoms with E-state index in [0.29, 0.717) is 18.9 Å². The average Bonchev–Trinajstić information content (AvgIpc) is 3.34. The lowest BCUT2D eigenvalue weighted by molar-refractivity contribution is -0.0221. The summed E-state index contributed by atoms with van der Waals surface area (Å²) in [4.78, 5) is 6.31. The van der Waals surface area contributed by atoms with E-state index in [0.717, 1.165) is 33.3 Å². The Balaban J connectivity index is 1.51. The first kappa shape index (κ1) is 17.8. The van der Waals surface area contributed by atoms with Gasteiger partial charge in [-0.1, -0.05) is 6.07 Å². The lowest BCUT2D eigenvalue weighted by atomic mass is 10.0. The first-order valence-corrected chi connectivity index (χ1v) is 9.55. The number of anilines is 1. The third-order valence-electron chi connectivity index (χ3n) is 5.44. The van der Waals surface area contributed by atoms with Crippen molar-refractivity contribution in [3.05, 3.63) is 48.9 Å². The van der Waals surface area contributed by atoms with Gasteiger partial charge < -0.3 is 4.90 Å². The SMILES string of the molecule is Cn1cc(-c2ccc3[nH]nc(-c4ccnc(N5CCC(F)(F)CC5)c4)c3c2)cn1. The quantitative estimate of drug-likeness (QED) is 0.564. The van der Waals surface area contributed by atoms with Crippen molar-refractivity contribution in [2.24, 2.45) is 7.05 Å². The minimum Gasteiger partial charge on any atom is -0.356 e. The summed E-state index contributed by atoms with van der Waals surface area (Å²) in [6.07, 6.45) is 5.23. The number of aryl methyl sites for hydroxylation is 1. The fraction of sp³-hybridized carbons (Fsp3) is 0.286. The number of H-pyrrole nitrogens is 1. The number of pyridine rings is 1. The van der Waals surface area contributed by atoms with Crippen LogP contribution in [0.5, 0.6) is 0 Å². The Morgan fingerprint density at radius 2 is 1.86 bits per heavy atom. The van der Waals surface area contributed by atoms with Crippen LogP contribution in [0.2, 0.25) is 0 Å². The van der Waals surface area contributed by atoms with E-state index in [2.05, 4.69) is 26.3 Å². The normalized spacial score (nSPS) is 16.4. The summed E-state index contributed by atoms with van der Waals surface area (Å²) in [5.74, 6) is -1.87. The fourth-order valence-electron chi connectivity index (χ4n) is 3.79. The molecule has 0 unspecified atom stereocenters. The number of halogens is 2. The maximum absolute atomic E-state index is 13.5. The van der Waals surface area contributed by atoms with E-state index in [1.54, 1.807) is 10.9 Å².